The Balaban J connectivity index is 2.24. The molecular formula is C21H25N. The maximum Gasteiger partial charge on any atom is 0.0420 e. The molecule has 114 valence electrons. The second-order valence-electron chi connectivity index (χ2n) is 6.02. The van der Waals surface area contributed by atoms with Gasteiger partial charge in [-0.2, -0.15) is 0 Å². The molecule has 0 aromatic heterocycles. The van der Waals surface area contributed by atoms with Crippen LogP contribution >= 0.6 is 0 Å². The first-order valence-corrected chi connectivity index (χ1v) is 7.79. The van der Waals surface area contributed by atoms with E-state index < -0.39 is 0 Å². The third-order valence-corrected chi connectivity index (χ3v) is 3.97. The van der Waals surface area contributed by atoms with Gasteiger partial charge in [-0.05, 0) is 55.9 Å². The summed E-state index contributed by atoms with van der Waals surface area (Å²) in [5.41, 5.74) is 8.74. The lowest BCUT2D eigenvalue weighted by Gasteiger charge is -2.10. The van der Waals surface area contributed by atoms with E-state index in [0.717, 1.165) is 18.6 Å². The van der Waals surface area contributed by atoms with Crippen LogP contribution in [0, 0.1) is 13.8 Å². The van der Waals surface area contributed by atoms with Crippen molar-refractivity contribution in [1.82, 2.24) is 0 Å². The van der Waals surface area contributed by atoms with Crippen LogP contribution in [0.5, 0.6) is 0 Å². The summed E-state index contributed by atoms with van der Waals surface area (Å²) in [6.07, 6.45) is 1.94. The first kappa shape index (κ1) is 16.2. The van der Waals surface area contributed by atoms with Crippen molar-refractivity contribution in [3.63, 3.8) is 0 Å². The lowest BCUT2D eigenvalue weighted by atomic mass is 9.96. The van der Waals surface area contributed by atoms with Crippen molar-refractivity contribution < 1.29 is 0 Å². The Kier molecular flexibility index (Phi) is 5.32. The summed E-state index contributed by atoms with van der Waals surface area (Å²) in [5, 5.41) is 0. The molecule has 2 rings (SSSR count). The van der Waals surface area contributed by atoms with E-state index in [1.807, 2.05) is 7.05 Å². The number of allylic oxidation sites excluding steroid dienone is 1. The zero-order valence-corrected chi connectivity index (χ0v) is 14.1. The average molecular weight is 291 g/mol. The van der Waals surface area contributed by atoms with Gasteiger partial charge in [0.1, 0.15) is 0 Å². The van der Waals surface area contributed by atoms with Crippen molar-refractivity contribution in [3.05, 3.63) is 71.3 Å². The predicted molar refractivity (Wildman–Crippen MR) is 97.9 cm³/mol. The minimum atomic E-state index is 0.953. The highest BCUT2D eigenvalue weighted by molar-refractivity contribution is 6.01. The van der Waals surface area contributed by atoms with Crippen LogP contribution in [0.4, 0.5) is 0 Å². The van der Waals surface area contributed by atoms with E-state index in [9.17, 15) is 0 Å². The highest BCUT2D eigenvalue weighted by Gasteiger charge is 2.06. The third kappa shape index (κ3) is 3.94. The minimum Gasteiger partial charge on any atom is -0.292 e. The average Bonchev–Trinajstić information content (AvgIpc) is 2.48. The molecular weight excluding hydrogens is 266 g/mol. The number of nitrogens with zero attached hydrogens (tertiary/aromatic N) is 1. The van der Waals surface area contributed by atoms with Crippen LogP contribution in [0.3, 0.4) is 0 Å². The summed E-state index contributed by atoms with van der Waals surface area (Å²) in [5.74, 6) is 0. The minimum absolute atomic E-state index is 0.953. The van der Waals surface area contributed by atoms with Gasteiger partial charge in [0.15, 0.2) is 0 Å². The number of rotatable bonds is 5. The van der Waals surface area contributed by atoms with Gasteiger partial charge in [-0.15, -0.1) is 6.58 Å². The molecule has 0 spiro atoms. The van der Waals surface area contributed by atoms with Gasteiger partial charge in [0.2, 0.25) is 0 Å². The van der Waals surface area contributed by atoms with Crippen LogP contribution in [0.2, 0.25) is 0 Å². The topological polar surface area (TPSA) is 12.4 Å². The van der Waals surface area contributed by atoms with Crippen molar-refractivity contribution in [2.24, 2.45) is 4.99 Å². The second kappa shape index (κ2) is 7.22. The van der Waals surface area contributed by atoms with Gasteiger partial charge >= 0.3 is 0 Å². The molecule has 0 saturated carbocycles. The Morgan fingerprint density at radius 3 is 2.23 bits per heavy atom. The van der Waals surface area contributed by atoms with Gasteiger partial charge in [-0.25, -0.2) is 0 Å². The molecule has 0 saturated heterocycles. The molecule has 0 unspecified atom stereocenters. The van der Waals surface area contributed by atoms with Crippen LogP contribution in [0.25, 0.3) is 11.1 Å². The van der Waals surface area contributed by atoms with Crippen LogP contribution in [-0.4, -0.2) is 12.8 Å². The molecule has 0 aliphatic rings. The molecule has 0 bridgehead atoms. The summed E-state index contributed by atoms with van der Waals surface area (Å²) in [7, 11) is 1.87. The quantitative estimate of drug-likeness (QED) is 0.491. The molecule has 0 radical (unpaired) electrons. The molecule has 1 nitrogen and oxygen atoms in total. The lowest BCUT2D eigenvalue weighted by molar-refractivity contribution is 1.01. The molecule has 0 heterocycles. The zero-order chi connectivity index (χ0) is 16.1. The first-order chi connectivity index (χ1) is 10.5. The standard InChI is InChI=1S/C21H25N/c1-15(2)6-13-21(22-5)19-10-8-18(9-11-19)20-12-7-16(3)14-17(20)4/h7-12,14H,1,6,13H2,2-5H3/b22-21+. The highest BCUT2D eigenvalue weighted by atomic mass is 14.7. The molecule has 0 amide bonds. The maximum absolute atomic E-state index is 4.44. The number of hydrogen-bond acceptors (Lipinski definition) is 1. The number of aryl methyl sites for hydroxylation is 2. The summed E-state index contributed by atoms with van der Waals surface area (Å²) in [6, 6.07) is 15.3. The SMILES string of the molecule is C=C(C)CC/C(=N\C)c1ccc(-c2ccc(C)cc2C)cc1. The number of aliphatic imine (C=N–C) groups is 1. The van der Waals surface area contributed by atoms with Crippen molar-refractivity contribution in [2.75, 3.05) is 7.05 Å². The normalized spacial score (nSPS) is 11.5. The summed E-state index contributed by atoms with van der Waals surface area (Å²) >= 11 is 0. The fourth-order valence-electron chi connectivity index (χ4n) is 2.70. The Morgan fingerprint density at radius 2 is 1.68 bits per heavy atom. The number of benzene rings is 2. The molecule has 0 N–H and O–H groups in total. The monoisotopic (exact) mass is 291 g/mol. The zero-order valence-electron chi connectivity index (χ0n) is 14.1. The lowest BCUT2D eigenvalue weighted by Crippen LogP contribution is -2.01. The summed E-state index contributed by atoms with van der Waals surface area (Å²) in [4.78, 5) is 4.44. The maximum atomic E-state index is 4.44. The molecule has 0 fully saturated rings. The van der Waals surface area contributed by atoms with Crippen molar-refractivity contribution >= 4 is 5.71 Å². The van der Waals surface area contributed by atoms with Gasteiger partial charge in [0, 0.05) is 12.8 Å². The van der Waals surface area contributed by atoms with Crippen LogP contribution in [-0.2, 0) is 0 Å². The predicted octanol–water partition coefficient (Wildman–Crippen LogP) is 5.75. The Hall–Kier alpha value is -2.15. The van der Waals surface area contributed by atoms with E-state index >= 15 is 0 Å². The molecule has 0 atom stereocenters. The fraction of sp³-hybridized carbons (Fsp3) is 0.286. The Bertz CT molecular complexity index is 690. The van der Waals surface area contributed by atoms with Gasteiger partial charge in [-0.3, -0.25) is 4.99 Å². The fourth-order valence-corrected chi connectivity index (χ4v) is 2.70. The van der Waals surface area contributed by atoms with Crippen LogP contribution in [0.1, 0.15) is 36.5 Å². The van der Waals surface area contributed by atoms with Gasteiger partial charge < -0.3 is 0 Å². The molecule has 0 aliphatic heterocycles. The van der Waals surface area contributed by atoms with E-state index in [4.69, 9.17) is 0 Å². The third-order valence-electron chi connectivity index (χ3n) is 3.97. The van der Waals surface area contributed by atoms with E-state index in [1.54, 1.807) is 0 Å². The molecule has 0 aliphatic carbocycles. The highest BCUT2D eigenvalue weighted by Crippen LogP contribution is 2.25. The van der Waals surface area contributed by atoms with Gasteiger partial charge in [0.25, 0.3) is 0 Å². The largest absolute Gasteiger partial charge is 0.292 e. The van der Waals surface area contributed by atoms with Crippen molar-refractivity contribution in [1.29, 1.82) is 0 Å². The van der Waals surface area contributed by atoms with Gasteiger partial charge in [-0.1, -0.05) is 53.6 Å². The van der Waals surface area contributed by atoms with E-state index in [2.05, 4.69) is 74.8 Å². The van der Waals surface area contributed by atoms with E-state index in [1.165, 1.54) is 33.4 Å². The first-order valence-electron chi connectivity index (χ1n) is 7.79. The molecule has 2 aromatic carbocycles. The smallest absolute Gasteiger partial charge is 0.0420 e. The summed E-state index contributed by atoms with van der Waals surface area (Å²) in [6.45, 7) is 10.3. The second-order valence-corrected chi connectivity index (χ2v) is 6.02. The van der Waals surface area contributed by atoms with Crippen molar-refractivity contribution in [2.45, 2.75) is 33.6 Å². The van der Waals surface area contributed by atoms with Crippen molar-refractivity contribution in [3.8, 4) is 11.1 Å². The molecule has 2 aromatic rings. The summed E-state index contributed by atoms with van der Waals surface area (Å²) < 4.78 is 0. The molecule has 1 heteroatoms. The van der Waals surface area contributed by atoms with Crippen LogP contribution in [0.15, 0.2) is 59.6 Å². The Labute approximate surface area is 134 Å². The van der Waals surface area contributed by atoms with Crippen LogP contribution < -0.4 is 0 Å². The number of hydrogen-bond donors (Lipinski definition) is 0. The Morgan fingerprint density at radius 1 is 1.00 bits per heavy atom. The molecule has 22 heavy (non-hydrogen) atoms. The van der Waals surface area contributed by atoms with E-state index in [0.29, 0.717) is 0 Å². The van der Waals surface area contributed by atoms with E-state index in [-0.39, 0.29) is 0 Å². The van der Waals surface area contributed by atoms with Gasteiger partial charge in [0.05, 0.1) is 0 Å².